The highest BCUT2D eigenvalue weighted by Crippen LogP contribution is 2.21. The van der Waals surface area contributed by atoms with E-state index in [2.05, 4.69) is 18.3 Å². The highest BCUT2D eigenvalue weighted by molar-refractivity contribution is 5.76. The largest absolute Gasteiger partial charge is 0.490 e. The van der Waals surface area contributed by atoms with Crippen LogP contribution in [0.4, 0.5) is 0 Å². The highest BCUT2D eigenvalue weighted by Gasteiger charge is 2.19. The summed E-state index contributed by atoms with van der Waals surface area (Å²) in [5.41, 5.74) is 2.34. The van der Waals surface area contributed by atoms with Gasteiger partial charge in [0.15, 0.2) is 0 Å². The molecule has 1 saturated heterocycles. The Kier molecular flexibility index (Phi) is 5.01. The molecule has 2 rings (SSSR count). The number of hydrogen-bond acceptors (Lipinski definition) is 3. The van der Waals surface area contributed by atoms with Crippen LogP contribution in [0.2, 0.25) is 0 Å². The summed E-state index contributed by atoms with van der Waals surface area (Å²) in [7, 11) is 0. The molecule has 0 spiro atoms. The van der Waals surface area contributed by atoms with Gasteiger partial charge in [0.25, 0.3) is 0 Å². The molecule has 1 aromatic carbocycles. The molecule has 20 heavy (non-hydrogen) atoms. The minimum Gasteiger partial charge on any atom is -0.490 e. The van der Waals surface area contributed by atoms with Gasteiger partial charge in [0.1, 0.15) is 11.9 Å². The zero-order valence-corrected chi connectivity index (χ0v) is 12.6. The van der Waals surface area contributed by atoms with E-state index in [1.54, 1.807) is 0 Å². The number of ether oxygens (including phenoxy) is 1. The van der Waals surface area contributed by atoms with Gasteiger partial charge in [-0.1, -0.05) is 17.7 Å². The molecule has 1 aliphatic rings. The first kappa shape index (κ1) is 14.9. The lowest BCUT2D eigenvalue weighted by molar-refractivity contribution is -0.133. The fourth-order valence-corrected chi connectivity index (χ4v) is 2.48. The van der Waals surface area contributed by atoms with Gasteiger partial charge in [-0.25, -0.2) is 0 Å². The molecule has 1 atom stereocenters. The van der Waals surface area contributed by atoms with Gasteiger partial charge in [0.2, 0.25) is 5.91 Å². The average molecular weight is 276 g/mol. The molecule has 0 aromatic heterocycles. The fraction of sp³-hybridized carbons (Fsp3) is 0.562. The van der Waals surface area contributed by atoms with Crippen LogP contribution >= 0.6 is 0 Å². The summed E-state index contributed by atoms with van der Waals surface area (Å²) < 4.78 is 5.90. The maximum atomic E-state index is 12.2. The second-order valence-electron chi connectivity index (χ2n) is 5.53. The molecule has 0 aliphatic carbocycles. The summed E-state index contributed by atoms with van der Waals surface area (Å²) in [5.74, 6) is 1.06. The maximum Gasteiger partial charge on any atom is 0.226 e. The van der Waals surface area contributed by atoms with Crippen molar-refractivity contribution >= 4 is 5.91 Å². The number of aryl methyl sites for hydroxylation is 2. The Labute approximate surface area is 121 Å². The minimum absolute atomic E-state index is 0.0983. The molecule has 1 unspecified atom stereocenters. The Morgan fingerprint density at radius 1 is 1.35 bits per heavy atom. The molecule has 0 saturated carbocycles. The van der Waals surface area contributed by atoms with Crippen molar-refractivity contribution in [3.05, 3.63) is 29.3 Å². The van der Waals surface area contributed by atoms with E-state index < -0.39 is 0 Å². The van der Waals surface area contributed by atoms with Gasteiger partial charge >= 0.3 is 0 Å². The topological polar surface area (TPSA) is 41.6 Å². The van der Waals surface area contributed by atoms with Crippen LogP contribution in [0.25, 0.3) is 0 Å². The van der Waals surface area contributed by atoms with E-state index in [9.17, 15) is 4.79 Å². The van der Waals surface area contributed by atoms with E-state index in [1.165, 1.54) is 5.56 Å². The van der Waals surface area contributed by atoms with Gasteiger partial charge in [-0.05, 0) is 32.4 Å². The summed E-state index contributed by atoms with van der Waals surface area (Å²) in [6.45, 7) is 9.43. The highest BCUT2D eigenvalue weighted by atomic mass is 16.5. The molecule has 0 radical (unpaired) electrons. The number of benzene rings is 1. The molecule has 110 valence electrons. The average Bonchev–Trinajstić information content (AvgIpc) is 2.43. The number of amides is 1. The van der Waals surface area contributed by atoms with Crippen molar-refractivity contribution in [2.24, 2.45) is 0 Å². The first-order chi connectivity index (χ1) is 9.56. The summed E-state index contributed by atoms with van der Waals surface area (Å²) in [5, 5.41) is 3.25. The first-order valence-electron chi connectivity index (χ1n) is 7.28. The van der Waals surface area contributed by atoms with Crippen LogP contribution in [0.1, 0.15) is 24.5 Å². The van der Waals surface area contributed by atoms with Crippen molar-refractivity contribution in [1.29, 1.82) is 0 Å². The fourth-order valence-electron chi connectivity index (χ4n) is 2.48. The standard InChI is InChI=1S/C16H24N2O2/c1-12-4-5-15(13(2)10-12)20-14(3)11-16(19)18-8-6-17-7-9-18/h4-5,10,14,17H,6-9,11H2,1-3H3. The van der Waals surface area contributed by atoms with E-state index in [4.69, 9.17) is 4.74 Å². The number of carbonyl (C=O) groups excluding carboxylic acids is 1. The summed E-state index contributed by atoms with van der Waals surface area (Å²) in [6.07, 6.45) is 0.339. The predicted octanol–water partition coefficient (Wildman–Crippen LogP) is 1.89. The molecule has 1 fully saturated rings. The summed E-state index contributed by atoms with van der Waals surface area (Å²) >= 11 is 0. The summed E-state index contributed by atoms with van der Waals surface area (Å²) in [4.78, 5) is 14.1. The second-order valence-corrected chi connectivity index (χ2v) is 5.53. The molecule has 4 heteroatoms. The third-order valence-electron chi connectivity index (χ3n) is 3.59. The monoisotopic (exact) mass is 276 g/mol. The van der Waals surface area contributed by atoms with Gasteiger partial charge in [-0.3, -0.25) is 4.79 Å². The van der Waals surface area contributed by atoms with E-state index >= 15 is 0 Å². The molecule has 4 nitrogen and oxygen atoms in total. The number of nitrogens with zero attached hydrogens (tertiary/aromatic N) is 1. The molecule has 1 amide bonds. The molecule has 1 N–H and O–H groups in total. The molecule has 1 aromatic rings. The zero-order chi connectivity index (χ0) is 14.5. The maximum absolute atomic E-state index is 12.2. The third-order valence-corrected chi connectivity index (χ3v) is 3.59. The van der Waals surface area contributed by atoms with Crippen molar-refractivity contribution in [3.63, 3.8) is 0 Å². The van der Waals surface area contributed by atoms with E-state index in [-0.39, 0.29) is 12.0 Å². The van der Waals surface area contributed by atoms with Crippen LogP contribution in [-0.4, -0.2) is 43.1 Å². The van der Waals surface area contributed by atoms with Gasteiger partial charge in [-0.15, -0.1) is 0 Å². The Hall–Kier alpha value is -1.55. The lowest BCUT2D eigenvalue weighted by atomic mass is 10.1. The Bertz CT molecular complexity index is 468. The lowest BCUT2D eigenvalue weighted by Gasteiger charge is -2.28. The van der Waals surface area contributed by atoms with Crippen LogP contribution in [0.3, 0.4) is 0 Å². The van der Waals surface area contributed by atoms with Gasteiger partial charge in [0.05, 0.1) is 6.42 Å². The minimum atomic E-state index is -0.0983. The van der Waals surface area contributed by atoms with Crippen LogP contribution in [0.5, 0.6) is 5.75 Å². The van der Waals surface area contributed by atoms with Crippen molar-refractivity contribution in [2.75, 3.05) is 26.2 Å². The Morgan fingerprint density at radius 3 is 2.70 bits per heavy atom. The normalized spacial score (nSPS) is 16.9. The van der Waals surface area contributed by atoms with E-state index in [0.717, 1.165) is 37.5 Å². The Balaban J connectivity index is 1.88. The molecule has 0 bridgehead atoms. The number of piperazine rings is 1. The van der Waals surface area contributed by atoms with Crippen LogP contribution in [0, 0.1) is 13.8 Å². The first-order valence-corrected chi connectivity index (χ1v) is 7.28. The van der Waals surface area contributed by atoms with Crippen LogP contribution in [0.15, 0.2) is 18.2 Å². The number of rotatable bonds is 4. The SMILES string of the molecule is Cc1ccc(OC(C)CC(=O)N2CCNCC2)c(C)c1. The molecule has 1 aliphatic heterocycles. The van der Waals surface area contributed by atoms with Crippen molar-refractivity contribution in [1.82, 2.24) is 10.2 Å². The lowest BCUT2D eigenvalue weighted by Crippen LogP contribution is -2.47. The van der Waals surface area contributed by atoms with E-state index in [1.807, 2.05) is 30.9 Å². The quantitative estimate of drug-likeness (QED) is 0.913. The van der Waals surface area contributed by atoms with Gasteiger partial charge in [0, 0.05) is 26.2 Å². The smallest absolute Gasteiger partial charge is 0.226 e. The summed E-state index contributed by atoms with van der Waals surface area (Å²) in [6, 6.07) is 6.11. The second kappa shape index (κ2) is 6.75. The number of nitrogens with one attached hydrogen (secondary N) is 1. The van der Waals surface area contributed by atoms with E-state index in [0.29, 0.717) is 6.42 Å². The van der Waals surface area contributed by atoms with Crippen LogP contribution < -0.4 is 10.1 Å². The molecule has 1 heterocycles. The zero-order valence-electron chi connectivity index (χ0n) is 12.6. The third kappa shape index (κ3) is 3.97. The van der Waals surface area contributed by atoms with Gasteiger partial charge < -0.3 is 15.0 Å². The van der Waals surface area contributed by atoms with Gasteiger partial charge in [-0.2, -0.15) is 0 Å². The predicted molar refractivity (Wildman–Crippen MR) is 80.1 cm³/mol. The molecular weight excluding hydrogens is 252 g/mol. The molecular formula is C16H24N2O2. The van der Waals surface area contributed by atoms with Crippen molar-refractivity contribution < 1.29 is 9.53 Å². The van der Waals surface area contributed by atoms with Crippen molar-refractivity contribution in [2.45, 2.75) is 33.3 Å². The number of hydrogen-bond donors (Lipinski definition) is 1. The van der Waals surface area contributed by atoms with Crippen molar-refractivity contribution in [3.8, 4) is 5.75 Å². The number of carbonyl (C=O) groups is 1. The Morgan fingerprint density at radius 2 is 2.05 bits per heavy atom. The van der Waals surface area contributed by atoms with Crippen LogP contribution in [-0.2, 0) is 4.79 Å².